The molecule has 2 aromatic carbocycles. The summed E-state index contributed by atoms with van der Waals surface area (Å²) in [6, 6.07) is 6.41. The number of esters is 1. The molecule has 8 nitrogen and oxygen atoms in total. The molecule has 10 heteroatoms. The van der Waals surface area contributed by atoms with Crippen LogP contribution in [-0.2, 0) is 27.5 Å². The van der Waals surface area contributed by atoms with Gasteiger partial charge in [0, 0.05) is 23.3 Å². The third-order valence-corrected chi connectivity index (χ3v) is 4.23. The summed E-state index contributed by atoms with van der Waals surface area (Å²) in [6.07, 6.45) is 0. The fourth-order valence-corrected chi connectivity index (χ4v) is 2.89. The van der Waals surface area contributed by atoms with Crippen molar-refractivity contribution < 1.29 is 33.1 Å². The van der Waals surface area contributed by atoms with Crippen LogP contribution in [0.4, 0.5) is 10.1 Å². The summed E-state index contributed by atoms with van der Waals surface area (Å²) in [5.74, 6) is -0.460. The van der Waals surface area contributed by atoms with Gasteiger partial charge in [-0.3, -0.25) is 10.1 Å². The fourth-order valence-electron chi connectivity index (χ4n) is 2.42. The number of hydrogen-bond donors (Lipinski definition) is 0. The van der Waals surface area contributed by atoms with E-state index >= 15 is 0 Å². The van der Waals surface area contributed by atoms with Gasteiger partial charge in [-0.25, -0.2) is 9.18 Å². The minimum atomic E-state index is -0.696. The molecule has 3 rings (SSSR count). The smallest absolute Gasteiger partial charge is 0.344 e. The van der Waals surface area contributed by atoms with E-state index in [2.05, 4.69) is 15.9 Å². The molecule has 0 radical (unpaired) electrons. The maximum absolute atomic E-state index is 13.0. The number of nitrogens with zero attached hydrogens (tertiary/aromatic N) is 1. The number of nitro groups is 1. The molecule has 1 heterocycles. The van der Waals surface area contributed by atoms with Gasteiger partial charge in [0.1, 0.15) is 23.9 Å². The van der Waals surface area contributed by atoms with Crippen LogP contribution in [0, 0.1) is 15.9 Å². The van der Waals surface area contributed by atoms with E-state index in [1.54, 1.807) is 0 Å². The first-order valence-corrected chi connectivity index (χ1v) is 8.47. The van der Waals surface area contributed by atoms with E-state index in [1.165, 1.54) is 30.3 Å². The first-order chi connectivity index (χ1) is 12.9. The number of ether oxygens (including phenoxy) is 4. The molecule has 0 saturated carbocycles. The van der Waals surface area contributed by atoms with E-state index in [-0.39, 0.29) is 31.4 Å². The largest absolute Gasteiger partial charge is 0.481 e. The Morgan fingerprint density at radius 1 is 1.33 bits per heavy atom. The molecule has 0 aliphatic carbocycles. The predicted octanol–water partition coefficient (Wildman–Crippen LogP) is 3.49. The van der Waals surface area contributed by atoms with Gasteiger partial charge in [0.2, 0.25) is 0 Å². The number of nitro benzene ring substituents is 1. The Labute approximate surface area is 161 Å². The lowest BCUT2D eigenvalue weighted by Crippen LogP contribution is -2.17. The lowest BCUT2D eigenvalue weighted by Gasteiger charge is -2.20. The van der Waals surface area contributed by atoms with E-state index in [0.29, 0.717) is 21.3 Å². The molecule has 142 valence electrons. The van der Waals surface area contributed by atoms with Gasteiger partial charge in [-0.05, 0) is 34.1 Å². The van der Waals surface area contributed by atoms with Gasteiger partial charge in [-0.2, -0.15) is 0 Å². The summed E-state index contributed by atoms with van der Waals surface area (Å²) in [7, 11) is 0. The van der Waals surface area contributed by atoms with Gasteiger partial charge in [-0.1, -0.05) is 0 Å². The Kier molecular flexibility index (Phi) is 5.87. The van der Waals surface area contributed by atoms with Crippen molar-refractivity contribution in [3.63, 3.8) is 0 Å². The molecule has 0 aromatic heterocycles. The Morgan fingerprint density at radius 2 is 2.15 bits per heavy atom. The van der Waals surface area contributed by atoms with Crippen molar-refractivity contribution in [2.45, 2.75) is 13.2 Å². The highest BCUT2D eigenvalue weighted by Gasteiger charge is 2.22. The Hall–Kier alpha value is -2.72. The van der Waals surface area contributed by atoms with Crippen molar-refractivity contribution in [1.29, 1.82) is 0 Å². The van der Waals surface area contributed by atoms with Gasteiger partial charge >= 0.3 is 5.97 Å². The highest BCUT2D eigenvalue weighted by atomic mass is 79.9. The topological polar surface area (TPSA) is 97.1 Å². The highest BCUT2D eigenvalue weighted by molar-refractivity contribution is 9.10. The Balaban J connectivity index is 1.64. The average molecular weight is 442 g/mol. The summed E-state index contributed by atoms with van der Waals surface area (Å²) in [5.41, 5.74) is 0.715. The zero-order chi connectivity index (χ0) is 19.4. The standard InChI is InChI=1S/C17H13BrFNO7/c18-14-5-12(19)1-2-15(14)25-8-16(21)26-7-11-4-13(20(22)23)3-10-6-24-9-27-17(10)11/h1-5H,6-9H2. The van der Waals surface area contributed by atoms with Crippen molar-refractivity contribution >= 4 is 27.6 Å². The summed E-state index contributed by atoms with van der Waals surface area (Å²) in [6.45, 7) is -0.463. The summed E-state index contributed by atoms with van der Waals surface area (Å²) in [4.78, 5) is 22.4. The minimum Gasteiger partial charge on any atom is -0.481 e. The quantitative estimate of drug-likeness (QED) is 0.384. The molecular formula is C17H13BrFNO7. The van der Waals surface area contributed by atoms with Crippen LogP contribution in [0.1, 0.15) is 11.1 Å². The van der Waals surface area contributed by atoms with Gasteiger partial charge in [0.25, 0.3) is 5.69 Å². The SMILES string of the molecule is O=C(COc1ccc(F)cc1Br)OCc1cc([N+](=O)[O-])cc2c1OCOC2. The summed E-state index contributed by atoms with van der Waals surface area (Å²) < 4.78 is 34.3. The number of carbonyl (C=O) groups is 1. The van der Waals surface area contributed by atoms with Gasteiger partial charge < -0.3 is 18.9 Å². The molecule has 2 aromatic rings. The number of halogens is 2. The molecule has 1 aliphatic rings. The van der Waals surface area contributed by atoms with Crippen molar-refractivity contribution in [2.24, 2.45) is 0 Å². The third kappa shape index (κ3) is 4.72. The predicted molar refractivity (Wildman–Crippen MR) is 92.8 cm³/mol. The van der Waals surface area contributed by atoms with Crippen LogP contribution >= 0.6 is 15.9 Å². The molecule has 1 aliphatic heterocycles. The molecular weight excluding hydrogens is 429 g/mol. The first kappa shape index (κ1) is 19.1. The van der Waals surface area contributed by atoms with Crippen LogP contribution in [0.15, 0.2) is 34.8 Å². The van der Waals surface area contributed by atoms with Crippen LogP contribution in [-0.4, -0.2) is 24.3 Å². The molecule has 0 atom stereocenters. The lowest BCUT2D eigenvalue weighted by molar-refractivity contribution is -0.385. The first-order valence-electron chi connectivity index (χ1n) is 7.68. The number of non-ortho nitro benzene ring substituents is 1. The summed E-state index contributed by atoms with van der Waals surface area (Å²) in [5, 5.41) is 11.1. The second-order valence-electron chi connectivity index (χ2n) is 5.49. The second-order valence-corrected chi connectivity index (χ2v) is 6.34. The molecule has 0 unspecified atom stereocenters. The Bertz CT molecular complexity index is 890. The van der Waals surface area contributed by atoms with Crippen molar-refractivity contribution in [3.05, 3.63) is 61.9 Å². The van der Waals surface area contributed by atoms with Crippen molar-refractivity contribution in [1.82, 2.24) is 0 Å². The molecule has 0 fully saturated rings. The van der Waals surface area contributed by atoms with Crippen LogP contribution in [0.5, 0.6) is 11.5 Å². The van der Waals surface area contributed by atoms with Gasteiger partial charge in [0.05, 0.1) is 16.0 Å². The zero-order valence-corrected chi connectivity index (χ0v) is 15.4. The number of carbonyl (C=O) groups excluding carboxylic acids is 1. The number of fused-ring (bicyclic) bond motifs is 1. The molecule has 0 N–H and O–H groups in total. The van der Waals surface area contributed by atoms with Crippen LogP contribution in [0.25, 0.3) is 0 Å². The van der Waals surface area contributed by atoms with Crippen LogP contribution in [0.3, 0.4) is 0 Å². The normalized spacial score (nSPS) is 12.7. The van der Waals surface area contributed by atoms with E-state index in [9.17, 15) is 19.3 Å². The molecule has 27 heavy (non-hydrogen) atoms. The average Bonchev–Trinajstić information content (AvgIpc) is 2.65. The van der Waals surface area contributed by atoms with Crippen LogP contribution in [0.2, 0.25) is 0 Å². The van der Waals surface area contributed by atoms with Gasteiger partial charge in [0.15, 0.2) is 13.4 Å². The van der Waals surface area contributed by atoms with E-state index < -0.39 is 23.3 Å². The third-order valence-electron chi connectivity index (χ3n) is 3.61. The fraction of sp³-hybridized carbons (Fsp3) is 0.235. The van der Waals surface area contributed by atoms with E-state index in [4.69, 9.17) is 18.9 Å². The second kappa shape index (κ2) is 8.31. The number of rotatable bonds is 6. The molecule has 0 amide bonds. The highest BCUT2D eigenvalue weighted by Crippen LogP contribution is 2.33. The summed E-state index contributed by atoms with van der Waals surface area (Å²) >= 11 is 3.13. The van der Waals surface area contributed by atoms with Crippen molar-refractivity contribution in [2.75, 3.05) is 13.4 Å². The van der Waals surface area contributed by atoms with Gasteiger partial charge in [-0.15, -0.1) is 0 Å². The number of benzene rings is 2. The minimum absolute atomic E-state index is 0.00740. The Morgan fingerprint density at radius 3 is 2.89 bits per heavy atom. The number of hydrogen-bond acceptors (Lipinski definition) is 7. The molecule has 0 bridgehead atoms. The monoisotopic (exact) mass is 441 g/mol. The maximum atomic E-state index is 13.0. The maximum Gasteiger partial charge on any atom is 0.344 e. The molecule has 0 saturated heterocycles. The zero-order valence-electron chi connectivity index (χ0n) is 13.8. The van der Waals surface area contributed by atoms with E-state index in [1.807, 2.05) is 0 Å². The van der Waals surface area contributed by atoms with Crippen molar-refractivity contribution in [3.8, 4) is 11.5 Å². The lowest BCUT2D eigenvalue weighted by atomic mass is 10.1. The van der Waals surface area contributed by atoms with E-state index in [0.717, 1.165) is 0 Å². The molecule has 0 spiro atoms. The van der Waals surface area contributed by atoms with Crippen LogP contribution < -0.4 is 9.47 Å².